The van der Waals surface area contributed by atoms with Crippen molar-refractivity contribution in [3.63, 3.8) is 0 Å². The molecule has 16 heteroatoms. The van der Waals surface area contributed by atoms with Crippen LogP contribution >= 0.6 is 10.7 Å². The molecule has 3 N–H and O–H groups in total. The lowest BCUT2D eigenvalue weighted by atomic mass is 10.1. The van der Waals surface area contributed by atoms with E-state index in [-0.39, 0.29) is 33.7 Å². The zero-order chi connectivity index (χ0) is 32.9. The van der Waals surface area contributed by atoms with Crippen LogP contribution in [-0.4, -0.2) is 61.3 Å². The van der Waals surface area contributed by atoms with Crippen LogP contribution in [0.5, 0.6) is 0 Å². The third-order valence-electron chi connectivity index (χ3n) is 8.16. The van der Waals surface area contributed by atoms with Crippen molar-refractivity contribution in [1.82, 2.24) is 39.9 Å². The number of aromatic nitrogens is 8. The quantitative estimate of drug-likeness (QED) is 0.141. The third-order valence-corrected chi connectivity index (χ3v) is 10.6. The van der Waals surface area contributed by atoms with Gasteiger partial charge in [-0.25, -0.2) is 38.3 Å². The van der Waals surface area contributed by atoms with Crippen LogP contribution in [0.1, 0.15) is 0 Å². The Morgan fingerprint density at radius 1 is 0.500 bits per heavy atom. The van der Waals surface area contributed by atoms with Gasteiger partial charge in [0.1, 0.15) is 32.4 Å². The molecule has 5 heterocycles. The lowest BCUT2D eigenvalue weighted by Gasteiger charge is -2.05. The number of rotatable bonds is 2. The summed E-state index contributed by atoms with van der Waals surface area (Å²) < 4.78 is 60.9. The van der Waals surface area contributed by atoms with E-state index in [1.165, 1.54) is 6.07 Å². The SMILES string of the molecule is O=S(=O)(O)c1ccc2c3nc4nc(nc5[nH]c(nc6nc(nc([nH]3)c2c1S(=O)(=O)Cl)-c1ccccc1-6)c1ccccc51)-c1ccccc1-4. The fourth-order valence-electron chi connectivity index (χ4n) is 6.13. The summed E-state index contributed by atoms with van der Waals surface area (Å²) in [6, 6.07) is 24.5. The molecule has 0 radical (unpaired) electrons. The van der Waals surface area contributed by atoms with Crippen LogP contribution in [0, 0.1) is 0 Å². The van der Waals surface area contributed by atoms with Crippen molar-refractivity contribution in [2.75, 3.05) is 0 Å². The van der Waals surface area contributed by atoms with Crippen LogP contribution in [0.4, 0.5) is 0 Å². The number of aromatic amines is 2. The van der Waals surface area contributed by atoms with E-state index in [2.05, 4.69) is 9.97 Å². The summed E-state index contributed by atoms with van der Waals surface area (Å²) in [7, 11) is -3.99. The Morgan fingerprint density at radius 2 is 0.896 bits per heavy atom. The maximum Gasteiger partial charge on any atom is 0.295 e. The number of benzene rings is 4. The standard InChI is InChI=1S/C32H17ClN8O5S2/c33-47(42,43)24-22(48(44,45)46)14-13-21-23(24)32-40-30-20-12-6-5-11-19(20)28(38-30)36-26-16-8-2-1-7-15(16)25(34-26)35-27-17-9-3-4-10-18(17)29(37-27)39-31(21)41-32/h1-14H,(H,44,45,46)(H2,34,35,36,37,38,39,40,41). The second-order valence-corrected chi connectivity index (χ2v) is 14.9. The molecule has 0 atom stereocenters. The minimum Gasteiger partial charge on any atom is -0.324 e. The molecule has 2 aliphatic rings. The highest BCUT2D eigenvalue weighted by atomic mass is 35.7. The van der Waals surface area contributed by atoms with Gasteiger partial charge in [-0.05, 0) is 12.1 Å². The van der Waals surface area contributed by atoms with E-state index >= 15 is 0 Å². The second-order valence-electron chi connectivity index (χ2n) is 11.0. The molecule has 13 nitrogen and oxygen atoms in total. The van der Waals surface area contributed by atoms with Gasteiger partial charge < -0.3 is 9.97 Å². The highest BCUT2D eigenvalue weighted by Crippen LogP contribution is 2.39. The lowest BCUT2D eigenvalue weighted by molar-refractivity contribution is 0.480. The van der Waals surface area contributed by atoms with Gasteiger partial charge in [-0.15, -0.1) is 0 Å². The number of H-pyrrole nitrogens is 2. The molecule has 3 aromatic heterocycles. The van der Waals surface area contributed by atoms with Gasteiger partial charge in [-0.1, -0.05) is 72.8 Å². The molecule has 0 saturated heterocycles. The van der Waals surface area contributed by atoms with Gasteiger partial charge in [-0.2, -0.15) is 8.42 Å². The van der Waals surface area contributed by atoms with Gasteiger partial charge in [0.05, 0.1) is 0 Å². The van der Waals surface area contributed by atoms with Crippen LogP contribution in [0.15, 0.2) is 94.7 Å². The van der Waals surface area contributed by atoms with Crippen molar-refractivity contribution in [3.8, 4) is 45.6 Å². The van der Waals surface area contributed by atoms with E-state index in [0.717, 1.165) is 16.8 Å². The predicted molar refractivity (Wildman–Crippen MR) is 179 cm³/mol. The van der Waals surface area contributed by atoms with E-state index in [4.69, 9.17) is 40.6 Å². The van der Waals surface area contributed by atoms with Crippen molar-refractivity contribution in [2.45, 2.75) is 9.79 Å². The summed E-state index contributed by atoms with van der Waals surface area (Å²) in [6.45, 7) is 0. The molecule has 48 heavy (non-hydrogen) atoms. The highest BCUT2D eigenvalue weighted by molar-refractivity contribution is 8.14. The Hall–Kier alpha value is -5.61. The van der Waals surface area contributed by atoms with E-state index in [9.17, 15) is 21.4 Å². The molecular weight excluding hydrogens is 676 g/mol. The molecule has 7 aromatic rings. The average Bonchev–Trinajstić information content (AvgIpc) is 3.79. The van der Waals surface area contributed by atoms with Crippen LogP contribution in [0.25, 0.3) is 89.7 Å². The predicted octanol–water partition coefficient (Wildman–Crippen LogP) is 6.04. The van der Waals surface area contributed by atoms with Crippen molar-refractivity contribution in [2.24, 2.45) is 0 Å². The van der Waals surface area contributed by atoms with E-state index in [1.54, 1.807) is 12.1 Å². The molecule has 234 valence electrons. The number of hydrogen-bond donors (Lipinski definition) is 3. The van der Waals surface area contributed by atoms with Gasteiger partial charge in [-0.3, -0.25) is 4.55 Å². The second kappa shape index (κ2) is 9.95. The monoisotopic (exact) mass is 692 g/mol. The van der Waals surface area contributed by atoms with Crippen molar-refractivity contribution < 1.29 is 21.4 Å². The van der Waals surface area contributed by atoms with Gasteiger partial charge in [0, 0.05) is 54.5 Å². The number of nitrogens with zero attached hydrogens (tertiary/aromatic N) is 6. The van der Waals surface area contributed by atoms with Gasteiger partial charge in [0.25, 0.3) is 19.2 Å². The van der Waals surface area contributed by atoms with Crippen LogP contribution in [0.3, 0.4) is 0 Å². The fraction of sp³-hybridized carbons (Fsp3) is 0. The van der Waals surface area contributed by atoms with E-state index < -0.39 is 29.0 Å². The normalized spacial score (nSPS) is 12.7. The number of nitrogens with one attached hydrogen (secondary N) is 2. The topological polar surface area (TPSA) is 197 Å². The Bertz CT molecular complexity index is 2970. The first-order valence-electron chi connectivity index (χ1n) is 14.2. The molecule has 2 aliphatic heterocycles. The molecule has 0 fully saturated rings. The summed E-state index contributed by atoms with van der Waals surface area (Å²) in [5.41, 5.74) is 3.57. The maximum absolute atomic E-state index is 13.0. The molecule has 0 aliphatic carbocycles. The number of halogens is 1. The maximum atomic E-state index is 13.0. The Balaban J connectivity index is 1.55. The highest BCUT2D eigenvalue weighted by Gasteiger charge is 2.30. The third kappa shape index (κ3) is 4.32. The van der Waals surface area contributed by atoms with Crippen LogP contribution in [-0.2, 0) is 19.2 Å². The van der Waals surface area contributed by atoms with Crippen molar-refractivity contribution >= 4 is 74.0 Å². The van der Waals surface area contributed by atoms with Crippen molar-refractivity contribution in [1.29, 1.82) is 0 Å². The van der Waals surface area contributed by atoms with Crippen molar-refractivity contribution in [3.05, 3.63) is 84.9 Å². The number of fused-ring (bicyclic) bond motifs is 20. The summed E-state index contributed by atoms with van der Waals surface area (Å²) >= 11 is 0. The molecule has 9 rings (SSSR count). The smallest absolute Gasteiger partial charge is 0.295 e. The first-order valence-corrected chi connectivity index (χ1v) is 18.0. The van der Waals surface area contributed by atoms with Gasteiger partial charge >= 0.3 is 0 Å². The van der Waals surface area contributed by atoms with E-state index in [0.29, 0.717) is 45.2 Å². The average molecular weight is 693 g/mol. The number of hydrogen-bond acceptors (Lipinski definition) is 10. The molecule has 4 aromatic carbocycles. The zero-order valence-corrected chi connectivity index (χ0v) is 26.4. The van der Waals surface area contributed by atoms with Crippen LogP contribution < -0.4 is 0 Å². The minimum absolute atomic E-state index is 0.0995. The van der Waals surface area contributed by atoms with Gasteiger partial charge in [0.15, 0.2) is 23.3 Å². The molecule has 0 amide bonds. The Labute approximate surface area is 274 Å². The fourth-order valence-corrected chi connectivity index (χ4v) is 8.72. The van der Waals surface area contributed by atoms with E-state index in [1.807, 2.05) is 60.7 Å². The lowest BCUT2D eigenvalue weighted by Crippen LogP contribution is -2.06. The largest absolute Gasteiger partial charge is 0.324 e. The molecule has 0 unspecified atom stereocenters. The molecular formula is C32H17ClN8O5S2. The zero-order valence-electron chi connectivity index (χ0n) is 24.0. The Morgan fingerprint density at radius 3 is 1.33 bits per heavy atom. The first-order chi connectivity index (χ1) is 23.0. The minimum atomic E-state index is -5.05. The van der Waals surface area contributed by atoms with Crippen LogP contribution in [0.2, 0.25) is 0 Å². The molecule has 8 bridgehead atoms. The summed E-state index contributed by atoms with van der Waals surface area (Å²) in [6.07, 6.45) is 0. The molecule has 0 saturated carbocycles. The summed E-state index contributed by atoms with van der Waals surface area (Å²) in [4.78, 5) is 33.4. The van der Waals surface area contributed by atoms with Gasteiger partial charge in [0.2, 0.25) is 0 Å². The summed E-state index contributed by atoms with van der Waals surface area (Å²) in [5.74, 6) is 1.09. The Kier molecular flexibility index (Phi) is 5.93. The molecule has 0 spiro atoms. The first kappa shape index (κ1) is 28.6. The summed E-state index contributed by atoms with van der Waals surface area (Å²) in [5, 5.41) is 1.54.